The number of benzene rings is 2. The molecule has 1 aliphatic rings. The number of pyridine rings is 1. The van der Waals surface area contributed by atoms with Gasteiger partial charge >= 0.3 is 0 Å². The Morgan fingerprint density at radius 3 is 2.78 bits per heavy atom. The fourth-order valence-corrected chi connectivity index (χ4v) is 2.88. The fourth-order valence-electron chi connectivity index (χ4n) is 2.69. The van der Waals surface area contributed by atoms with Crippen molar-refractivity contribution < 1.29 is 14.3 Å². The van der Waals surface area contributed by atoms with Crippen molar-refractivity contribution in [2.75, 3.05) is 12.1 Å². The molecule has 1 amide bonds. The Balaban J connectivity index is 1.41. The normalized spacial score (nSPS) is 11.9. The Hall–Kier alpha value is -3.25. The van der Waals surface area contributed by atoms with Crippen LogP contribution in [0.4, 0.5) is 11.4 Å². The van der Waals surface area contributed by atoms with Crippen molar-refractivity contribution in [3.63, 3.8) is 0 Å². The van der Waals surface area contributed by atoms with Gasteiger partial charge in [-0.2, -0.15) is 0 Å². The standard InChI is InChI=1S/C20H16ClN3O3/c21-14-2-1-3-15(9-14)24-16-6-7-22-17(10-16)20(25)23-11-13-4-5-18-19(8-13)27-12-26-18/h1-10H,11-12H2,(H,22,24)(H,23,25). The Kier molecular flexibility index (Phi) is 4.80. The predicted octanol–water partition coefficient (Wildman–Crippen LogP) is 4.14. The van der Waals surface area contributed by atoms with Crippen molar-refractivity contribution in [2.45, 2.75) is 6.54 Å². The maximum Gasteiger partial charge on any atom is 0.270 e. The molecule has 27 heavy (non-hydrogen) atoms. The summed E-state index contributed by atoms with van der Waals surface area (Å²) in [5, 5.41) is 6.70. The van der Waals surface area contributed by atoms with Gasteiger partial charge in [0.1, 0.15) is 5.69 Å². The largest absolute Gasteiger partial charge is 0.454 e. The molecule has 0 fully saturated rings. The fraction of sp³-hybridized carbons (Fsp3) is 0.100. The van der Waals surface area contributed by atoms with Crippen LogP contribution < -0.4 is 20.1 Å². The third-order valence-corrected chi connectivity index (χ3v) is 4.23. The summed E-state index contributed by atoms with van der Waals surface area (Å²) in [5.41, 5.74) is 2.82. The number of amides is 1. The number of hydrogen-bond acceptors (Lipinski definition) is 5. The molecule has 136 valence electrons. The Morgan fingerprint density at radius 1 is 1.04 bits per heavy atom. The molecule has 0 bridgehead atoms. The number of fused-ring (bicyclic) bond motifs is 1. The van der Waals surface area contributed by atoms with Crippen molar-refractivity contribution in [3.05, 3.63) is 77.1 Å². The number of halogens is 1. The molecule has 7 heteroatoms. The quantitative estimate of drug-likeness (QED) is 0.695. The second-order valence-electron chi connectivity index (χ2n) is 5.94. The molecule has 0 saturated carbocycles. The molecule has 0 spiro atoms. The first-order chi connectivity index (χ1) is 13.2. The van der Waals surface area contributed by atoms with Crippen LogP contribution in [0.3, 0.4) is 0 Å². The highest BCUT2D eigenvalue weighted by molar-refractivity contribution is 6.30. The first kappa shape index (κ1) is 17.2. The topological polar surface area (TPSA) is 72.5 Å². The summed E-state index contributed by atoms with van der Waals surface area (Å²) in [4.78, 5) is 16.6. The van der Waals surface area contributed by atoms with Crippen LogP contribution in [-0.4, -0.2) is 17.7 Å². The number of nitrogens with zero attached hydrogens (tertiary/aromatic N) is 1. The van der Waals surface area contributed by atoms with Crippen LogP contribution in [0, 0.1) is 0 Å². The minimum absolute atomic E-state index is 0.224. The summed E-state index contributed by atoms with van der Waals surface area (Å²) in [6, 6.07) is 16.4. The molecule has 0 aliphatic carbocycles. The minimum Gasteiger partial charge on any atom is -0.454 e. The van der Waals surface area contributed by atoms with E-state index in [2.05, 4.69) is 15.6 Å². The predicted molar refractivity (Wildman–Crippen MR) is 103 cm³/mol. The molecule has 0 unspecified atom stereocenters. The van der Waals surface area contributed by atoms with Crippen LogP contribution in [0.5, 0.6) is 11.5 Å². The average molecular weight is 382 g/mol. The molecule has 2 heterocycles. The summed E-state index contributed by atoms with van der Waals surface area (Å²) in [6.45, 7) is 0.588. The third-order valence-electron chi connectivity index (χ3n) is 4.00. The van der Waals surface area contributed by atoms with Gasteiger partial charge in [0.05, 0.1) is 0 Å². The second-order valence-corrected chi connectivity index (χ2v) is 6.37. The maximum absolute atomic E-state index is 12.4. The van der Waals surface area contributed by atoms with Crippen molar-refractivity contribution in [1.82, 2.24) is 10.3 Å². The van der Waals surface area contributed by atoms with E-state index in [-0.39, 0.29) is 12.7 Å². The Morgan fingerprint density at radius 2 is 1.89 bits per heavy atom. The van der Waals surface area contributed by atoms with Gasteiger partial charge < -0.3 is 20.1 Å². The van der Waals surface area contributed by atoms with Crippen molar-refractivity contribution in [2.24, 2.45) is 0 Å². The van der Waals surface area contributed by atoms with Gasteiger partial charge in [-0.25, -0.2) is 0 Å². The van der Waals surface area contributed by atoms with E-state index in [9.17, 15) is 4.79 Å². The smallest absolute Gasteiger partial charge is 0.270 e. The number of hydrogen-bond donors (Lipinski definition) is 2. The van der Waals surface area contributed by atoms with E-state index >= 15 is 0 Å². The number of carbonyl (C=O) groups is 1. The lowest BCUT2D eigenvalue weighted by Crippen LogP contribution is -2.23. The summed E-state index contributed by atoms with van der Waals surface area (Å²) < 4.78 is 10.6. The highest BCUT2D eigenvalue weighted by atomic mass is 35.5. The Labute approximate surface area is 161 Å². The van der Waals surface area contributed by atoms with E-state index in [4.69, 9.17) is 21.1 Å². The molecule has 0 saturated heterocycles. The lowest BCUT2D eigenvalue weighted by atomic mass is 10.2. The number of anilines is 2. The molecule has 4 rings (SSSR count). The molecule has 6 nitrogen and oxygen atoms in total. The van der Waals surface area contributed by atoms with Gasteiger partial charge in [0.15, 0.2) is 11.5 Å². The molecule has 2 aromatic carbocycles. The zero-order valence-corrected chi connectivity index (χ0v) is 15.0. The highest BCUT2D eigenvalue weighted by Gasteiger charge is 2.14. The number of rotatable bonds is 5. The second kappa shape index (κ2) is 7.55. The van der Waals surface area contributed by atoms with E-state index in [1.165, 1.54) is 0 Å². The number of carbonyl (C=O) groups excluding carboxylic acids is 1. The first-order valence-electron chi connectivity index (χ1n) is 8.33. The molecule has 0 atom stereocenters. The number of nitrogens with one attached hydrogen (secondary N) is 2. The molecule has 3 aromatic rings. The van der Waals surface area contributed by atoms with Crippen LogP contribution in [0.25, 0.3) is 0 Å². The van der Waals surface area contributed by atoms with Gasteiger partial charge in [-0.1, -0.05) is 23.7 Å². The third kappa shape index (κ3) is 4.12. The lowest BCUT2D eigenvalue weighted by molar-refractivity contribution is 0.0946. The molecule has 2 N–H and O–H groups in total. The van der Waals surface area contributed by atoms with Crippen molar-refractivity contribution in [1.29, 1.82) is 0 Å². The summed E-state index contributed by atoms with van der Waals surface area (Å²) >= 11 is 5.99. The minimum atomic E-state index is -0.262. The monoisotopic (exact) mass is 381 g/mol. The molecule has 1 aliphatic heterocycles. The van der Waals surface area contributed by atoms with Crippen molar-refractivity contribution in [3.8, 4) is 11.5 Å². The SMILES string of the molecule is O=C(NCc1ccc2c(c1)OCO2)c1cc(Nc2cccc(Cl)c2)ccn1. The molecular formula is C20H16ClN3O3. The highest BCUT2D eigenvalue weighted by Crippen LogP contribution is 2.32. The molecule has 1 aromatic heterocycles. The van der Waals surface area contributed by atoms with Gasteiger partial charge in [-0.05, 0) is 48.0 Å². The van der Waals surface area contributed by atoms with Crippen LogP contribution >= 0.6 is 11.6 Å². The van der Waals surface area contributed by atoms with Crippen LogP contribution in [0.1, 0.15) is 16.1 Å². The summed E-state index contributed by atoms with van der Waals surface area (Å²) in [7, 11) is 0. The van der Waals surface area contributed by atoms with Crippen molar-refractivity contribution >= 4 is 28.9 Å². The van der Waals surface area contributed by atoms with Gasteiger partial charge in [0, 0.05) is 29.1 Å². The number of ether oxygens (including phenoxy) is 2. The molecular weight excluding hydrogens is 366 g/mol. The lowest BCUT2D eigenvalue weighted by Gasteiger charge is -2.09. The summed E-state index contributed by atoms with van der Waals surface area (Å²) in [5.74, 6) is 1.14. The first-order valence-corrected chi connectivity index (χ1v) is 8.70. The average Bonchev–Trinajstić information content (AvgIpc) is 3.14. The van der Waals surface area contributed by atoms with Gasteiger partial charge in [0.2, 0.25) is 6.79 Å². The zero-order valence-electron chi connectivity index (χ0n) is 14.2. The van der Waals surface area contributed by atoms with Gasteiger partial charge in [-0.15, -0.1) is 0 Å². The molecule has 0 radical (unpaired) electrons. The van der Waals surface area contributed by atoms with E-state index in [1.807, 2.05) is 30.3 Å². The number of aromatic nitrogens is 1. The van der Waals surface area contributed by atoms with Crippen LogP contribution in [0.15, 0.2) is 60.8 Å². The van der Waals surface area contributed by atoms with E-state index < -0.39 is 0 Å². The van der Waals surface area contributed by atoms with Crippen LogP contribution in [0.2, 0.25) is 5.02 Å². The zero-order chi connectivity index (χ0) is 18.6. The summed E-state index contributed by atoms with van der Waals surface area (Å²) in [6.07, 6.45) is 1.59. The van der Waals surface area contributed by atoms with Gasteiger partial charge in [0.25, 0.3) is 5.91 Å². The maximum atomic E-state index is 12.4. The van der Waals surface area contributed by atoms with Crippen LogP contribution in [-0.2, 0) is 6.54 Å². The van der Waals surface area contributed by atoms with E-state index in [0.29, 0.717) is 28.8 Å². The van der Waals surface area contributed by atoms with Gasteiger partial charge in [-0.3, -0.25) is 9.78 Å². The Bertz CT molecular complexity index is 994. The van der Waals surface area contributed by atoms with E-state index in [0.717, 1.165) is 16.9 Å². The van der Waals surface area contributed by atoms with E-state index in [1.54, 1.807) is 30.5 Å².